The van der Waals surface area contributed by atoms with Crippen molar-refractivity contribution in [3.63, 3.8) is 0 Å². The third-order valence-electron chi connectivity index (χ3n) is 3.27. The highest BCUT2D eigenvalue weighted by atomic mass is 32.2. The van der Waals surface area contributed by atoms with Gasteiger partial charge in [0.05, 0.1) is 22.0 Å². The van der Waals surface area contributed by atoms with E-state index in [-0.39, 0.29) is 6.54 Å². The van der Waals surface area contributed by atoms with E-state index in [1.165, 1.54) is 6.26 Å². The number of aromatic nitrogens is 1. The van der Waals surface area contributed by atoms with Gasteiger partial charge in [0, 0.05) is 22.9 Å². The number of alkyl carbamates (subject to hydrolysis) is 1. The fourth-order valence-corrected chi connectivity index (χ4v) is 2.74. The summed E-state index contributed by atoms with van der Waals surface area (Å²) in [5.41, 5.74) is 2.01. The molecule has 1 heterocycles. The van der Waals surface area contributed by atoms with Gasteiger partial charge in [-0.2, -0.15) is 0 Å². The summed E-state index contributed by atoms with van der Waals surface area (Å²) in [4.78, 5) is 16.5. The van der Waals surface area contributed by atoms with Gasteiger partial charge in [0.1, 0.15) is 5.60 Å². The zero-order valence-electron chi connectivity index (χ0n) is 14.8. The van der Waals surface area contributed by atoms with Gasteiger partial charge in [0.15, 0.2) is 0 Å². The van der Waals surface area contributed by atoms with E-state index in [1.807, 2.05) is 45.0 Å². The van der Waals surface area contributed by atoms with Crippen molar-refractivity contribution in [3.8, 4) is 11.1 Å². The summed E-state index contributed by atoms with van der Waals surface area (Å²) in [6.07, 6.45) is 2.63. The zero-order chi connectivity index (χ0) is 18.7. The van der Waals surface area contributed by atoms with Crippen LogP contribution in [0.4, 0.5) is 4.79 Å². The quantitative estimate of drug-likeness (QED) is 0.866. The first-order valence-corrected chi connectivity index (χ1v) is 9.77. The van der Waals surface area contributed by atoms with Crippen LogP contribution in [0.25, 0.3) is 11.1 Å². The molecule has 0 fully saturated rings. The second-order valence-corrected chi connectivity index (χ2v) is 8.92. The predicted octanol–water partition coefficient (Wildman–Crippen LogP) is 3.81. The van der Waals surface area contributed by atoms with Crippen molar-refractivity contribution >= 4 is 15.8 Å². The Morgan fingerprint density at radius 3 is 2.24 bits per heavy atom. The van der Waals surface area contributed by atoms with Crippen LogP contribution in [0.15, 0.2) is 47.5 Å². The monoisotopic (exact) mass is 361 g/mol. The molecule has 134 valence electrons. The molecule has 1 unspecified atom stereocenters. The van der Waals surface area contributed by atoms with Crippen LogP contribution in [0.2, 0.25) is 0 Å². The van der Waals surface area contributed by atoms with Gasteiger partial charge in [-0.3, -0.25) is 4.98 Å². The number of ether oxygens (including phenoxy) is 1. The number of rotatable bonds is 4. The molecule has 0 saturated carbocycles. The summed E-state index contributed by atoms with van der Waals surface area (Å²) >= 11 is 0. The SMILES string of the molecule is CC(C)(C)OC(=O)NCc1ccc(-c2ccc(S(C)(=N)=O)cc2)cn1. The predicted molar refractivity (Wildman–Crippen MR) is 97.8 cm³/mol. The van der Waals surface area contributed by atoms with E-state index >= 15 is 0 Å². The molecule has 0 aliphatic rings. The summed E-state index contributed by atoms with van der Waals surface area (Å²) in [6.45, 7) is 5.71. The Morgan fingerprint density at radius 2 is 1.76 bits per heavy atom. The highest BCUT2D eigenvalue weighted by Gasteiger charge is 2.15. The van der Waals surface area contributed by atoms with Crippen molar-refractivity contribution in [2.75, 3.05) is 6.26 Å². The third-order valence-corrected chi connectivity index (χ3v) is 4.45. The fourth-order valence-electron chi connectivity index (χ4n) is 2.08. The highest BCUT2D eigenvalue weighted by molar-refractivity contribution is 7.91. The van der Waals surface area contributed by atoms with E-state index < -0.39 is 21.4 Å². The Morgan fingerprint density at radius 1 is 1.16 bits per heavy atom. The smallest absolute Gasteiger partial charge is 0.407 e. The van der Waals surface area contributed by atoms with Crippen LogP contribution in [-0.2, 0) is 21.0 Å². The third kappa shape index (κ3) is 5.86. The highest BCUT2D eigenvalue weighted by Crippen LogP contribution is 2.21. The summed E-state index contributed by atoms with van der Waals surface area (Å²) in [5, 5.41) is 2.66. The van der Waals surface area contributed by atoms with E-state index in [4.69, 9.17) is 9.52 Å². The number of nitrogens with one attached hydrogen (secondary N) is 2. The van der Waals surface area contributed by atoms with Gasteiger partial charge >= 0.3 is 6.09 Å². The molecule has 0 aliphatic carbocycles. The standard InChI is InChI=1S/C18H23N3O3S/c1-18(2,3)24-17(22)21-12-15-8-5-14(11-20-15)13-6-9-16(10-7-13)25(4,19)23/h5-11,19H,12H2,1-4H3,(H,21,22). The lowest BCUT2D eigenvalue weighted by atomic mass is 10.1. The fraction of sp³-hybridized carbons (Fsp3) is 0.333. The molecule has 0 aliphatic heterocycles. The molecule has 1 aromatic heterocycles. The van der Waals surface area contributed by atoms with E-state index in [0.717, 1.165) is 11.1 Å². The van der Waals surface area contributed by atoms with Crippen molar-refractivity contribution in [1.82, 2.24) is 10.3 Å². The maximum Gasteiger partial charge on any atom is 0.407 e. The summed E-state index contributed by atoms with van der Waals surface area (Å²) < 4.78 is 24.5. The maximum atomic E-state index is 11.7. The molecule has 1 atom stereocenters. The Hall–Kier alpha value is -2.41. The number of hydrogen-bond donors (Lipinski definition) is 2. The molecule has 25 heavy (non-hydrogen) atoms. The number of benzene rings is 1. The van der Waals surface area contributed by atoms with E-state index in [2.05, 4.69) is 10.3 Å². The second kappa shape index (κ2) is 7.23. The number of hydrogen-bond acceptors (Lipinski definition) is 5. The normalized spacial score (nSPS) is 13.8. The Labute approximate surface area is 148 Å². The molecule has 6 nitrogen and oxygen atoms in total. The molecule has 2 N–H and O–H groups in total. The summed E-state index contributed by atoms with van der Waals surface area (Å²) in [6, 6.07) is 10.8. The van der Waals surface area contributed by atoms with Gasteiger partial charge in [-0.15, -0.1) is 0 Å². The van der Waals surface area contributed by atoms with Gasteiger partial charge in [0.25, 0.3) is 0 Å². The molecule has 2 aromatic rings. The number of carbonyl (C=O) groups excluding carboxylic acids is 1. The van der Waals surface area contributed by atoms with Crippen LogP contribution in [0, 0.1) is 4.78 Å². The zero-order valence-corrected chi connectivity index (χ0v) is 15.6. The average Bonchev–Trinajstić information content (AvgIpc) is 2.51. The van der Waals surface area contributed by atoms with Crippen molar-refractivity contribution in [1.29, 1.82) is 4.78 Å². The first-order valence-electron chi connectivity index (χ1n) is 7.81. The first-order chi connectivity index (χ1) is 11.5. The topological polar surface area (TPSA) is 92.1 Å². The number of carbonyl (C=O) groups is 1. The van der Waals surface area contributed by atoms with Crippen LogP contribution in [0.3, 0.4) is 0 Å². The van der Waals surface area contributed by atoms with Gasteiger partial charge in [-0.05, 0) is 44.5 Å². The molecule has 1 amide bonds. The molecule has 7 heteroatoms. The van der Waals surface area contributed by atoms with Crippen LogP contribution < -0.4 is 5.32 Å². The first kappa shape index (κ1) is 18.9. The Balaban J connectivity index is 2.01. The van der Waals surface area contributed by atoms with Crippen LogP contribution >= 0.6 is 0 Å². The van der Waals surface area contributed by atoms with E-state index in [1.54, 1.807) is 18.3 Å². The number of pyridine rings is 1. The van der Waals surface area contributed by atoms with Crippen molar-refractivity contribution in [3.05, 3.63) is 48.3 Å². The summed E-state index contributed by atoms with van der Waals surface area (Å²) in [7, 11) is -2.70. The lowest BCUT2D eigenvalue weighted by molar-refractivity contribution is 0.0523. The number of nitrogens with zero attached hydrogens (tertiary/aromatic N) is 1. The van der Waals surface area contributed by atoms with Crippen LogP contribution in [0.5, 0.6) is 0 Å². The van der Waals surface area contributed by atoms with Crippen molar-refractivity contribution < 1.29 is 13.7 Å². The van der Waals surface area contributed by atoms with Crippen molar-refractivity contribution in [2.24, 2.45) is 0 Å². The van der Waals surface area contributed by atoms with Gasteiger partial charge in [0.2, 0.25) is 0 Å². The lowest BCUT2D eigenvalue weighted by Gasteiger charge is -2.19. The molecule has 1 aromatic carbocycles. The number of amides is 1. The van der Waals surface area contributed by atoms with E-state index in [9.17, 15) is 9.00 Å². The lowest BCUT2D eigenvalue weighted by Crippen LogP contribution is -2.32. The molecule has 0 spiro atoms. The van der Waals surface area contributed by atoms with Crippen LogP contribution in [-0.4, -0.2) is 27.1 Å². The maximum absolute atomic E-state index is 11.7. The minimum Gasteiger partial charge on any atom is -0.444 e. The summed E-state index contributed by atoms with van der Waals surface area (Å²) in [5.74, 6) is 0. The Kier molecular flexibility index (Phi) is 5.47. The molecule has 0 bridgehead atoms. The molecular formula is C18H23N3O3S. The minimum absolute atomic E-state index is 0.283. The molecular weight excluding hydrogens is 338 g/mol. The largest absolute Gasteiger partial charge is 0.444 e. The van der Waals surface area contributed by atoms with Gasteiger partial charge in [-0.1, -0.05) is 18.2 Å². The van der Waals surface area contributed by atoms with E-state index in [0.29, 0.717) is 10.6 Å². The van der Waals surface area contributed by atoms with Crippen molar-refractivity contribution in [2.45, 2.75) is 37.8 Å². The van der Waals surface area contributed by atoms with Gasteiger partial charge in [-0.25, -0.2) is 13.8 Å². The van der Waals surface area contributed by atoms with Crippen LogP contribution in [0.1, 0.15) is 26.5 Å². The molecule has 0 saturated heterocycles. The average molecular weight is 361 g/mol. The molecule has 0 radical (unpaired) electrons. The second-order valence-electron chi connectivity index (χ2n) is 6.76. The Bertz CT molecular complexity index is 837. The molecule has 2 rings (SSSR count). The van der Waals surface area contributed by atoms with Gasteiger partial charge < -0.3 is 10.1 Å². The minimum atomic E-state index is -2.70.